The molecule has 8 heteroatoms. The third kappa shape index (κ3) is 1.26. The minimum atomic E-state index is -0.403. The van der Waals surface area contributed by atoms with Gasteiger partial charge in [0.2, 0.25) is 0 Å². The molecule has 0 atom stereocenters. The van der Waals surface area contributed by atoms with Crippen molar-refractivity contribution in [1.29, 1.82) is 0 Å². The molecule has 0 aliphatic carbocycles. The van der Waals surface area contributed by atoms with Crippen molar-refractivity contribution in [1.82, 2.24) is 29.7 Å². The Morgan fingerprint density at radius 1 is 1.53 bits per heavy atom. The van der Waals surface area contributed by atoms with Gasteiger partial charge in [0.05, 0.1) is 0 Å². The first-order valence-corrected chi connectivity index (χ1v) is 4.14. The predicted octanol–water partition coefficient (Wildman–Crippen LogP) is -1.82. The fourth-order valence-electron chi connectivity index (χ4n) is 1.16. The second-order valence-electron chi connectivity index (χ2n) is 2.86. The van der Waals surface area contributed by atoms with Gasteiger partial charge in [-0.15, -0.1) is 5.10 Å². The number of aromatic nitrogens is 5. The summed E-state index contributed by atoms with van der Waals surface area (Å²) in [7, 11) is 2.94. The van der Waals surface area contributed by atoms with E-state index in [0.29, 0.717) is 0 Å². The summed E-state index contributed by atoms with van der Waals surface area (Å²) >= 11 is 0. The smallest absolute Gasteiger partial charge is 0.352 e. The van der Waals surface area contributed by atoms with E-state index in [0.717, 1.165) is 9.08 Å². The van der Waals surface area contributed by atoms with Crippen molar-refractivity contribution in [2.75, 3.05) is 7.05 Å². The lowest BCUT2D eigenvalue weighted by Crippen LogP contribution is -2.28. The summed E-state index contributed by atoms with van der Waals surface area (Å²) in [5, 5.41) is 9.70. The van der Waals surface area contributed by atoms with Gasteiger partial charge in [0.25, 0.3) is 5.91 Å². The number of carbonyl (C=O) groups is 1. The minimum absolute atomic E-state index is 0.0858. The second kappa shape index (κ2) is 3.15. The molecule has 1 amide bonds. The van der Waals surface area contributed by atoms with Crippen molar-refractivity contribution in [3.05, 3.63) is 22.5 Å². The molecule has 0 aromatic carbocycles. The zero-order chi connectivity index (χ0) is 11.0. The zero-order valence-electron chi connectivity index (χ0n) is 8.13. The maximum absolute atomic E-state index is 11.5. The van der Waals surface area contributed by atoms with E-state index in [1.807, 2.05) is 0 Å². The van der Waals surface area contributed by atoms with Crippen LogP contribution in [0.25, 0.3) is 5.65 Å². The number of fused-ring (bicyclic) bond motifs is 1. The first-order valence-electron chi connectivity index (χ1n) is 4.14. The summed E-state index contributed by atoms with van der Waals surface area (Å²) in [5.74, 6) is -0.403. The molecule has 0 bridgehead atoms. The fraction of sp³-hybridized carbons (Fsp3) is 0.286. The van der Waals surface area contributed by atoms with E-state index < -0.39 is 11.6 Å². The molecule has 0 aliphatic rings. The summed E-state index contributed by atoms with van der Waals surface area (Å²) in [6.45, 7) is 0. The van der Waals surface area contributed by atoms with Crippen molar-refractivity contribution in [3.8, 4) is 0 Å². The molecule has 0 saturated heterocycles. The van der Waals surface area contributed by atoms with Crippen LogP contribution < -0.4 is 11.0 Å². The molecule has 1 N–H and O–H groups in total. The average Bonchev–Trinajstić information content (AvgIpc) is 2.66. The molecule has 15 heavy (non-hydrogen) atoms. The highest BCUT2D eigenvalue weighted by Gasteiger charge is 2.15. The average molecular weight is 208 g/mol. The fourth-order valence-corrected chi connectivity index (χ4v) is 1.16. The largest absolute Gasteiger partial charge is 0.354 e. The molecule has 2 heterocycles. The maximum Gasteiger partial charge on any atom is 0.352 e. The number of hydrogen-bond donors (Lipinski definition) is 1. The highest BCUT2D eigenvalue weighted by atomic mass is 16.2. The Kier molecular flexibility index (Phi) is 1.96. The summed E-state index contributed by atoms with van der Waals surface area (Å²) in [6.07, 6.45) is 1.25. The topological polar surface area (TPSA) is 94.2 Å². The Hall–Kier alpha value is -2.25. The Morgan fingerprint density at radius 2 is 2.27 bits per heavy atom. The molecular formula is C7H8N6O2. The molecule has 0 fully saturated rings. The van der Waals surface area contributed by atoms with Gasteiger partial charge in [-0.05, 0) is 0 Å². The number of nitrogens with one attached hydrogen (secondary N) is 1. The molecule has 0 spiro atoms. The van der Waals surface area contributed by atoms with Gasteiger partial charge in [-0.2, -0.15) is 4.68 Å². The van der Waals surface area contributed by atoms with Gasteiger partial charge >= 0.3 is 5.69 Å². The summed E-state index contributed by atoms with van der Waals surface area (Å²) in [4.78, 5) is 26.6. The molecule has 0 saturated carbocycles. The standard InChI is InChI=1S/C7H8N6O2/c1-8-6(14)4-5-10-11-12(2)7(15)13(5)3-9-4/h3H,1-2H3,(H,8,14). The molecule has 78 valence electrons. The van der Waals surface area contributed by atoms with Gasteiger partial charge in [0.1, 0.15) is 6.33 Å². The van der Waals surface area contributed by atoms with Crippen LogP contribution in [0.4, 0.5) is 0 Å². The molecule has 0 radical (unpaired) electrons. The van der Waals surface area contributed by atoms with Crippen molar-refractivity contribution in [2.24, 2.45) is 7.05 Å². The summed E-state index contributed by atoms with van der Waals surface area (Å²) < 4.78 is 2.22. The second-order valence-corrected chi connectivity index (χ2v) is 2.86. The van der Waals surface area contributed by atoms with Crippen LogP contribution in [0.3, 0.4) is 0 Å². The van der Waals surface area contributed by atoms with E-state index in [1.54, 1.807) is 0 Å². The van der Waals surface area contributed by atoms with Crippen LogP contribution in [0.15, 0.2) is 11.1 Å². The number of imidazole rings is 1. The van der Waals surface area contributed by atoms with E-state index in [2.05, 4.69) is 20.6 Å². The van der Waals surface area contributed by atoms with Crippen LogP contribution in [0.5, 0.6) is 0 Å². The third-order valence-corrected chi connectivity index (χ3v) is 1.94. The van der Waals surface area contributed by atoms with Crippen molar-refractivity contribution in [3.63, 3.8) is 0 Å². The molecule has 2 aromatic rings. The van der Waals surface area contributed by atoms with Crippen LogP contribution in [0.2, 0.25) is 0 Å². The van der Waals surface area contributed by atoms with Crippen LogP contribution >= 0.6 is 0 Å². The Bertz CT molecular complexity index is 583. The van der Waals surface area contributed by atoms with Gasteiger partial charge in [0.15, 0.2) is 11.3 Å². The lowest BCUT2D eigenvalue weighted by atomic mass is 10.4. The molecule has 0 aliphatic heterocycles. The number of aryl methyl sites for hydroxylation is 1. The van der Waals surface area contributed by atoms with Crippen LogP contribution in [0.1, 0.15) is 10.5 Å². The first kappa shape index (κ1) is 9.31. The lowest BCUT2D eigenvalue weighted by Gasteiger charge is -1.96. The van der Waals surface area contributed by atoms with E-state index in [1.165, 1.54) is 20.4 Å². The monoisotopic (exact) mass is 208 g/mol. The number of carbonyl (C=O) groups excluding carboxylic acids is 1. The molecule has 0 unspecified atom stereocenters. The molecule has 2 rings (SSSR count). The number of nitrogens with zero attached hydrogens (tertiary/aromatic N) is 5. The maximum atomic E-state index is 11.5. The first-order chi connectivity index (χ1) is 7.15. The van der Waals surface area contributed by atoms with Crippen molar-refractivity contribution >= 4 is 11.6 Å². The quantitative estimate of drug-likeness (QED) is 0.595. The SMILES string of the molecule is CNC(=O)c1ncn2c(=O)n(C)nnc12. The van der Waals surface area contributed by atoms with Gasteiger partial charge < -0.3 is 5.32 Å². The summed E-state index contributed by atoms with van der Waals surface area (Å²) in [6, 6.07) is 0. The van der Waals surface area contributed by atoms with E-state index in [4.69, 9.17) is 0 Å². The van der Waals surface area contributed by atoms with Gasteiger partial charge in [-0.1, -0.05) is 5.21 Å². The van der Waals surface area contributed by atoms with Crippen LogP contribution in [-0.4, -0.2) is 37.3 Å². The highest BCUT2D eigenvalue weighted by Crippen LogP contribution is 2.01. The van der Waals surface area contributed by atoms with Crippen molar-refractivity contribution < 1.29 is 4.79 Å². The van der Waals surface area contributed by atoms with Gasteiger partial charge in [0, 0.05) is 14.1 Å². The van der Waals surface area contributed by atoms with Crippen LogP contribution in [-0.2, 0) is 7.05 Å². The van der Waals surface area contributed by atoms with E-state index >= 15 is 0 Å². The normalized spacial score (nSPS) is 10.5. The predicted molar refractivity (Wildman–Crippen MR) is 49.4 cm³/mol. The molecular weight excluding hydrogens is 200 g/mol. The minimum Gasteiger partial charge on any atom is -0.354 e. The number of rotatable bonds is 1. The van der Waals surface area contributed by atoms with Gasteiger partial charge in [-0.25, -0.2) is 14.2 Å². The highest BCUT2D eigenvalue weighted by molar-refractivity contribution is 5.97. The molecule has 8 nitrogen and oxygen atoms in total. The van der Waals surface area contributed by atoms with E-state index in [9.17, 15) is 9.59 Å². The molecule has 2 aromatic heterocycles. The van der Waals surface area contributed by atoms with Crippen molar-refractivity contribution in [2.45, 2.75) is 0 Å². The number of hydrogen-bond acceptors (Lipinski definition) is 5. The Labute approximate surface area is 83.5 Å². The number of amides is 1. The Morgan fingerprint density at radius 3 is 2.93 bits per heavy atom. The van der Waals surface area contributed by atoms with E-state index in [-0.39, 0.29) is 11.3 Å². The summed E-state index contributed by atoms with van der Waals surface area (Å²) in [5.41, 5.74) is -0.164. The van der Waals surface area contributed by atoms with Crippen LogP contribution in [0, 0.1) is 0 Å². The van der Waals surface area contributed by atoms with Gasteiger partial charge in [-0.3, -0.25) is 4.79 Å². The lowest BCUT2D eigenvalue weighted by molar-refractivity contribution is 0.0960. The third-order valence-electron chi connectivity index (χ3n) is 1.94. The Balaban J connectivity index is 2.78. The zero-order valence-corrected chi connectivity index (χ0v) is 8.13.